The zero-order valence-electron chi connectivity index (χ0n) is 15.0. The fourth-order valence-electron chi connectivity index (χ4n) is 3.20. The lowest BCUT2D eigenvalue weighted by Gasteiger charge is -2.25. The van der Waals surface area contributed by atoms with Crippen LogP contribution in [0.3, 0.4) is 0 Å². The Hall–Kier alpha value is -3.61. The van der Waals surface area contributed by atoms with Crippen LogP contribution in [0, 0.1) is 18.6 Å². The molecule has 0 radical (unpaired) electrons. The Balaban J connectivity index is 1.90. The maximum Gasteiger partial charge on any atom is 0.248 e. The van der Waals surface area contributed by atoms with Gasteiger partial charge in [0.15, 0.2) is 11.6 Å². The smallest absolute Gasteiger partial charge is 0.248 e. The van der Waals surface area contributed by atoms with Gasteiger partial charge in [0.2, 0.25) is 11.5 Å². The second-order valence-electron chi connectivity index (χ2n) is 6.36. The first kappa shape index (κ1) is 17.8. The van der Waals surface area contributed by atoms with E-state index in [4.69, 9.17) is 0 Å². The fourth-order valence-corrected chi connectivity index (χ4v) is 3.20. The summed E-state index contributed by atoms with van der Waals surface area (Å²) in [6.07, 6.45) is 3.25. The maximum atomic E-state index is 14.2. The van der Waals surface area contributed by atoms with E-state index in [2.05, 4.69) is 15.0 Å². The monoisotopic (exact) mass is 378 g/mol. The largest absolute Gasteiger partial charge is 0.319 e. The van der Waals surface area contributed by atoms with Gasteiger partial charge < -0.3 is 9.88 Å². The summed E-state index contributed by atoms with van der Waals surface area (Å²) in [7, 11) is 0. The van der Waals surface area contributed by atoms with Crippen LogP contribution in [0.2, 0.25) is 0 Å². The first-order valence-corrected chi connectivity index (χ1v) is 8.64. The molecule has 2 aromatic carbocycles. The van der Waals surface area contributed by atoms with Gasteiger partial charge in [0, 0.05) is 29.5 Å². The summed E-state index contributed by atoms with van der Waals surface area (Å²) in [6, 6.07) is 13.3. The summed E-state index contributed by atoms with van der Waals surface area (Å²) < 4.78 is 27.9. The van der Waals surface area contributed by atoms with Crippen molar-refractivity contribution in [1.29, 1.82) is 0 Å². The van der Waals surface area contributed by atoms with E-state index in [9.17, 15) is 13.6 Å². The molecule has 4 rings (SSSR count). The summed E-state index contributed by atoms with van der Waals surface area (Å²) in [5.41, 5.74) is 1.71. The predicted octanol–water partition coefficient (Wildman–Crippen LogP) is 4.24. The molecule has 0 aliphatic heterocycles. The number of pyridine rings is 1. The summed E-state index contributed by atoms with van der Waals surface area (Å²) in [5.74, 6) is -1.65. The van der Waals surface area contributed by atoms with Crippen molar-refractivity contribution in [3.05, 3.63) is 94.0 Å². The van der Waals surface area contributed by atoms with Crippen LogP contribution in [0.5, 0.6) is 0 Å². The third-order valence-electron chi connectivity index (χ3n) is 4.52. The highest BCUT2D eigenvalue weighted by Gasteiger charge is 2.18. The molecule has 0 aliphatic carbocycles. The average molecular weight is 378 g/mol. The van der Waals surface area contributed by atoms with Gasteiger partial charge in [0.25, 0.3) is 0 Å². The SMILES string of the molecule is Cc1ccccc1N(Cc1cc(=O)[nH]c2c(F)c(F)ccc12)c1ncccn1. The highest BCUT2D eigenvalue weighted by molar-refractivity contribution is 5.83. The van der Waals surface area contributed by atoms with Crippen molar-refractivity contribution < 1.29 is 8.78 Å². The van der Waals surface area contributed by atoms with Crippen molar-refractivity contribution >= 4 is 22.5 Å². The lowest BCUT2D eigenvalue weighted by atomic mass is 10.1. The topological polar surface area (TPSA) is 61.9 Å². The molecule has 0 fully saturated rings. The number of aromatic nitrogens is 3. The number of halogens is 2. The number of hydrogen-bond donors (Lipinski definition) is 1. The molecule has 0 amide bonds. The van der Waals surface area contributed by atoms with Crippen molar-refractivity contribution in [2.75, 3.05) is 4.90 Å². The normalized spacial score (nSPS) is 11.0. The van der Waals surface area contributed by atoms with Crippen molar-refractivity contribution in [1.82, 2.24) is 15.0 Å². The van der Waals surface area contributed by atoms with E-state index in [1.54, 1.807) is 18.5 Å². The molecule has 0 atom stereocenters. The number of para-hydroxylation sites is 1. The van der Waals surface area contributed by atoms with Crippen molar-refractivity contribution in [3.8, 4) is 0 Å². The van der Waals surface area contributed by atoms with E-state index in [0.717, 1.165) is 17.3 Å². The first-order chi connectivity index (χ1) is 13.5. The highest BCUT2D eigenvalue weighted by atomic mass is 19.2. The van der Waals surface area contributed by atoms with Crippen LogP contribution in [0.25, 0.3) is 10.9 Å². The molecule has 5 nitrogen and oxygen atoms in total. The molecular formula is C21H16F2N4O. The molecular weight excluding hydrogens is 362 g/mol. The lowest BCUT2D eigenvalue weighted by Crippen LogP contribution is -2.21. The van der Waals surface area contributed by atoms with Crippen molar-refractivity contribution in [2.45, 2.75) is 13.5 Å². The van der Waals surface area contributed by atoms with Crippen LogP contribution in [0.1, 0.15) is 11.1 Å². The van der Waals surface area contributed by atoms with Gasteiger partial charge in [-0.25, -0.2) is 18.7 Å². The van der Waals surface area contributed by atoms with Crippen LogP contribution in [-0.2, 0) is 6.54 Å². The standard InChI is InChI=1S/C21H16F2N4O/c1-13-5-2-3-6-17(13)27(21-24-9-4-10-25-21)12-14-11-18(28)26-20-15(14)7-8-16(22)19(20)23/h2-11H,12H2,1H3,(H,26,28). The van der Waals surface area contributed by atoms with Gasteiger partial charge in [-0.15, -0.1) is 0 Å². The molecule has 7 heteroatoms. The van der Waals surface area contributed by atoms with Gasteiger partial charge in [0.1, 0.15) is 0 Å². The Kier molecular flexibility index (Phi) is 4.57. The number of hydrogen-bond acceptors (Lipinski definition) is 4. The number of aromatic amines is 1. The maximum absolute atomic E-state index is 14.2. The molecule has 140 valence electrons. The predicted molar refractivity (Wildman–Crippen MR) is 104 cm³/mol. The summed E-state index contributed by atoms with van der Waals surface area (Å²) in [6.45, 7) is 2.16. The molecule has 0 spiro atoms. The van der Waals surface area contributed by atoms with Crippen molar-refractivity contribution in [2.24, 2.45) is 0 Å². The second kappa shape index (κ2) is 7.19. The van der Waals surface area contributed by atoms with Gasteiger partial charge in [0.05, 0.1) is 12.1 Å². The third-order valence-corrected chi connectivity index (χ3v) is 4.52. The summed E-state index contributed by atoms with van der Waals surface area (Å²) >= 11 is 0. The van der Waals surface area contributed by atoms with Gasteiger partial charge in [-0.3, -0.25) is 4.79 Å². The molecule has 2 heterocycles. The van der Waals surface area contributed by atoms with Crippen LogP contribution in [0.4, 0.5) is 20.4 Å². The van der Waals surface area contributed by atoms with E-state index in [1.807, 2.05) is 36.1 Å². The van der Waals surface area contributed by atoms with Crippen molar-refractivity contribution in [3.63, 3.8) is 0 Å². The minimum atomic E-state index is -1.07. The minimum Gasteiger partial charge on any atom is -0.319 e. The van der Waals surface area contributed by atoms with Gasteiger partial charge in [-0.05, 0) is 42.3 Å². The number of nitrogens with one attached hydrogen (secondary N) is 1. The Morgan fingerprint density at radius 2 is 1.79 bits per heavy atom. The van der Waals surface area contributed by atoms with E-state index < -0.39 is 17.2 Å². The first-order valence-electron chi connectivity index (χ1n) is 8.64. The number of H-pyrrole nitrogens is 1. The molecule has 0 aliphatic rings. The van der Waals surface area contributed by atoms with Gasteiger partial charge >= 0.3 is 0 Å². The number of anilines is 2. The van der Waals surface area contributed by atoms with Gasteiger partial charge in [-0.1, -0.05) is 18.2 Å². The van der Waals surface area contributed by atoms with E-state index in [-0.39, 0.29) is 12.1 Å². The second-order valence-corrected chi connectivity index (χ2v) is 6.36. The minimum absolute atomic E-state index is 0.152. The summed E-state index contributed by atoms with van der Waals surface area (Å²) in [4.78, 5) is 25.0. The van der Waals surface area contributed by atoms with Crippen LogP contribution >= 0.6 is 0 Å². The fraction of sp³-hybridized carbons (Fsp3) is 0.0952. The molecule has 1 N–H and O–H groups in total. The molecule has 0 saturated heterocycles. The summed E-state index contributed by atoms with van der Waals surface area (Å²) in [5, 5.41) is 0.424. The number of fused-ring (bicyclic) bond motifs is 1. The number of rotatable bonds is 4. The van der Waals surface area contributed by atoms with E-state index in [1.165, 1.54) is 12.1 Å². The Morgan fingerprint density at radius 3 is 2.54 bits per heavy atom. The quantitative estimate of drug-likeness (QED) is 0.577. The highest BCUT2D eigenvalue weighted by Crippen LogP contribution is 2.29. The molecule has 4 aromatic rings. The Labute approximate surface area is 159 Å². The molecule has 28 heavy (non-hydrogen) atoms. The molecule has 0 unspecified atom stereocenters. The number of aryl methyl sites for hydroxylation is 1. The van der Waals surface area contributed by atoms with E-state index in [0.29, 0.717) is 16.9 Å². The number of nitrogens with zero attached hydrogens (tertiary/aromatic N) is 3. The lowest BCUT2D eigenvalue weighted by molar-refractivity contribution is 0.515. The third kappa shape index (κ3) is 3.22. The van der Waals surface area contributed by atoms with Crippen LogP contribution in [0.15, 0.2) is 65.7 Å². The Bertz CT molecular complexity index is 1210. The van der Waals surface area contributed by atoms with Crippen LogP contribution < -0.4 is 10.5 Å². The van der Waals surface area contributed by atoms with E-state index >= 15 is 0 Å². The average Bonchev–Trinajstić information content (AvgIpc) is 2.70. The Morgan fingerprint density at radius 1 is 1.04 bits per heavy atom. The zero-order chi connectivity index (χ0) is 19.7. The van der Waals surface area contributed by atoms with Crippen LogP contribution in [-0.4, -0.2) is 15.0 Å². The zero-order valence-corrected chi connectivity index (χ0v) is 15.0. The number of benzene rings is 2. The molecule has 2 aromatic heterocycles. The molecule has 0 bridgehead atoms. The molecule has 0 saturated carbocycles. The van der Waals surface area contributed by atoms with Gasteiger partial charge in [-0.2, -0.15) is 0 Å².